The van der Waals surface area contributed by atoms with E-state index in [-0.39, 0.29) is 6.61 Å². The van der Waals surface area contributed by atoms with Crippen LogP contribution in [-0.4, -0.2) is 105 Å². The molecule has 0 bridgehead atoms. The van der Waals surface area contributed by atoms with Crippen LogP contribution in [0.15, 0.2) is 0 Å². The fourth-order valence-electron chi connectivity index (χ4n) is 2.91. The highest BCUT2D eigenvalue weighted by Crippen LogP contribution is 2.40. The second-order valence-corrected chi connectivity index (χ2v) is 5.79. The summed E-state index contributed by atoms with van der Waals surface area (Å²) in [4.78, 5) is 0. The molecule has 0 aromatic carbocycles. The Kier molecular flexibility index (Phi) is 4.19. The zero-order valence-corrected chi connectivity index (χ0v) is 11.6. The second-order valence-electron chi connectivity index (χ2n) is 5.79. The third-order valence-corrected chi connectivity index (χ3v) is 4.39. The normalized spacial score (nSPS) is 55.9. The third kappa shape index (κ3) is 2.27. The Hall–Kier alpha value is -0.400. The third-order valence-electron chi connectivity index (χ3n) is 4.39. The Bertz CT molecular complexity index is 403. The highest BCUT2D eigenvalue weighted by molar-refractivity contribution is 5.02. The van der Waals surface area contributed by atoms with Gasteiger partial charge in [0.25, 0.3) is 0 Å². The molecule has 128 valence electrons. The molecular formula is C12H20O10. The van der Waals surface area contributed by atoms with Crippen molar-refractivity contribution in [2.45, 2.75) is 48.2 Å². The first-order valence-corrected chi connectivity index (χ1v) is 6.96. The van der Waals surface area contributed by atoms with Crippen molar-refractivity contribution in [2.75, 3.05) is 26.4 Å². The molecule has 6 N–H and O–H groups in total. The number of rotatable bonds is 1. The molecule has 0 radical (unpaired) electrons. The van der Waals surface area contributed by atoms with Gasteiger partial charge in [0.15, 0.2) is 0 Å². The standard InChI is InChI=1S/C12H20O10/c13-1-6-8(16)10(18)12(22-6)4-20-11(3-21-12)9(17)7(15)5(14)2-19-11/h5-10,13-18H,1-4H2/t5-,6-,7-,8-,9+,10+,11-,12+/m1/s1. The van der Waals surface area contributed by atoms with Gasteiger partial charge >= 0.3 is 0 Å². The van der Waals surface area contributed by atoms with Gasteiger partial charge in [-0.15, -0.1) is 0 Å². The summed E-state index contributed by atoms with van der Waals surface area (Å²) in [7, 11) is 0. The number of hydrogen-bond acceptors (Lipinski definition) is 10. The van der Waals surface area contributed by atoms with E-state index in [1.54, 1.807) is 0 Å². The van der Waals surface area contributed by atoms with Crippen molar-refractivity contribution in [1.29, 1.82) is 0 Å². The molecule has 8 atom stereocenters. The largest absolute Gasteiger partial charge is 0.394 e. The van der Waals surface area contributed by atoms with E-state index >= 15 is 0 Å². The maximum Gasteiger partial charge on any atom is 0.222 e. The number of aliphatic hydroxyl groups excluding tert-OH is 6. The lowest BCUT2D eigenvalue weighted by atomic mass is 9.95. The van der Waals surface area contributed by atoms with Crippen LogP contribution < -0.4 is 0 Å². The monoisotopic (exact) mass is 324 g/mol. The average molecular weight is 324 g/mol. The molecule has 3 aliphatic heterocycles. The molecule has 0 aromatic heterocycles. The summed E-state index contributed by atoms with van der Waals surface area (Å²) in [5, 5.41) is 58.1. The molecule has 22 heavy (non-hydrogen) atoms. The molecule has 0 aromatic rings. The zero-order valence-electron chi connectivity index (χ0n) is 11.6. The second kappa shape index (κ2) is 5.60. The van der Waals surface area contributed by atoms with Crippen LogP contribution >= 0.6 is 0 Å². The van der Waals surface area contributed by atoms with E-state index in [1.807, 2.05) is 0 Å². The van der Waals surface area contributed by atoms with Crippen LogP contribution in [0, 0.1) is 0 Å². The van der Waals surface area contributed by atoms with Gasteiger partial charge in [0.05, 0.1) is 13.2 Å². The molecule has 0 saturated carbocycles. The zero-order chi connectivity index (χ0) is 16.1. The molecule has 3 saturated heterocycles. The maximum absolute atomic E-state index is 10.0. The number of aliphatic hydroxyl groups is 6. The molecule has 0 amide bonds. The van der Waals surface area contributed by atoms with E-state index in [2.05, 4.69) is 0 Å². The molecule has 0 aliphatic carbocycles. The lowest BCUT2D eigenvalue weighted by Crippen LogP contribution is -2.69. The number of ether oxygens (including phenoxy) is 4. The van der Waals surface area contributed by atoms with E-state index in [1.165, 1.54) is 0 Å². The average Bonchev–Trinajstić information content (AvgIpc) is 2.77. The molecule has 10 heteroatoms. The van der Waals surface area contributed by atoms with E-state index in [0.29, 0.717) is 0 Å². The predicted molar refractivity (Wildman–Crippen MR) is 65.3 cm³/mol. The fraction of sp³-hybridized carbons (Fsp3) is 1.00. The van der Waals surface area contributed by atoms with E-state index < -0.39 is 68.0 Å². The summed E-state index contributed by atoms with van der Waals surface area (Å²) in [6.45, 7) is -1.58. The van der Waals surface area contributed by atoms with Gasteiger partial charge in [-0.1, -0.05) is 0 Å². The summed E-state index contributed by atoms with van der Waals surface area (Å²) < 4.78 is 21.5. The lowest BCUT2D eigenvalue weighted by Gasteiger charge is -2.50. The first-order chi connectivity index (χ1) is 10.4. The van der Waals surface area contributed by atoms with Gasteiger partial charge in [0.2, 0.25) is 11.6 Å². The van der Waals surface area contributed by atoms with E-state index in [0.717, 1.165) is 0 Å². The van der Waals surface area contributed by atoms with Crippen LogP contribution in [0.5, 0.6) is 0 Å². The highest BCUT2D eigenvalue weighted by Gasteiger charge is 2.62. The first-order valence-electron chi connectivity index (χ1n) is 6.96. The van der Waals surface area contributed by atoms with Crippen LogP contribution in [0.4, 0.5) is 0 Å². The Morgan fingerprint density at radius 1 is 0.818 bits per heavy atom. The maximum atomic E-state index is 10.0. The molecule has 0 unspecified atom stereocenters. The van der Waals surface area contributed by atoms with Crippen molar-refractivity contribution < 1.29 is 49.6 Å². The minimum Gasteiger partial charge on any atom is -0.394 e. The van der Waals surface area contributed by atoms with Gasteiger partial charge in [-0.3, -0.25) is 0 Å². The lowest BCUT2D eigenvalue weighted by molar-refractivity contribution is -0.430. The van der Waals surface area contributed by atoms with Crippen LogP contribution in [-0.2, 0) is 18.9 Å². The molecule has 10 nitrogen and oxygen atoms in total. The van der Waals surface area contributed by atoms with Crippen molar-refractivity contribution in [3.05, 3.63) is 0 Å². The van der Waals surface area contributed by atoms with Crippen molar-refractivity contribution >= 4 is 0 Å². The van der Waals surface area contributed by atoms with Gasteiger partial charge in [-0.05, 0) is 0 Å². The summed E-state index contributed by atoms with van der Waals surface area (Å²) in [5.74, 6) is -3.39. The van der Waals surface area contributed by atoms with Gasteiger partial charge in [0, 0.05) is 0 Å². The van der Waals surface area contributed by atoms with E-state index in [4.69, 9.17) is 24.1 Å². The SMILES string of the molecule is OC[C@H]1O[C@@]2(CO[C@@]3(CO2)OC[C@@H](O)[C@@H](O)[C@@H]3O)[C@@H](O)[C@@H]1O. The summed E-state index contributed by atoms with van der Waals surface area (Å²) in [5.41, 5.74) is 0. The molecule has 3 rings (SSSR count). The van der Waals surface area contributed by atoms with Crippen LogP contribution in [0.2, 0.25) is 0 Å². The summed E-state index contributed by atoms with van der Waals surface area (Å²) in [6.07, 6.45) is -8.14. The Morgan fingerprint density at radius 2 is 1.41 bits per heavy atom. The predicted octanol–water partition coefficient (Wildman–Crippen LogP) is -4.35. The van der Waals surface area contributed by atoms with Crippen LogP contribution in [0.25, 0.3) is 0 Å². The Morgan fingerprint density at radius 3 is 1.95 bits per heavy atom. The fourth-order valence-corrected chi connectivity index (χ4v) is 2.91. The van der Waals surface area contributed by atoms with Crippen molar-refractivity contribution in [2.24, 2.45) is 0 Å². The quantitative estimate of drug-likeness (QED) is 0.278. The smallest absolute Gasteiger partial charge is 0.222 e. The molecule has 3 aliphatic rings. The topological polar surface area (TPSA) is 158 Å². The minimum absolute atomic E-state index is 0.264. The van der Waals surface area contributed by atoms with Gasteiger partial charge in [-0.2, -0.15) is 0 Å². The van der Waals surface area contributed by atoms with Crippen LogP contribution in [0.3, 0.4) is 0 Å². The Balaban J connectivity index is 1.73. The molecule has 2 spiro atoms. The van der Waals surface area contributed by atoms with Crippen LogP contribution in [0.1, 0.15) is 0 Å². The minimum atomic E-state index is -1.70. The molecular weight excluding hydrogens is 304 g/mol. The van der Waals surface area contributed by atoms with Crippen molar-refractivity contribution in [3.63, 3.8) is 0 Å². The highest BCUT2D eigenvalue weighted by atomic mass is 16.8. The number of hydrogen-bond donors (Lipinski definition) is 6. The van der Waals surface area contributed by atoms with Crippen molar-refractivity contribution in [1.82, 2.24) is 0 Å². The van der Waals surface area contributed by atoms with Gasteiger partial charge in [-0.25, -0.2) is 0 Å². The van der Waals surface area contributed by atoms with E-state index in [9.17, 15) is 25.5 Å². The molecule has 3 fully saturated rings. The Labute approximate surface area is 125 Å². The summed E-state index contributed by atoms with van der Waals surface area (Å²) >= 11 is 0. The van der Waals surface area contributed by atoms with Crippen molar-refractivity contribution in [3.8, 4) is 0 Å². The van der Waals surface area contributed by atoms with Gasteiger partial charge < -0.3 is 49.6 Å². The first kappa shape index (κ1) is 16.5. The van der Waals surface area contributed by atoms with Gasteiger partial charge in [0.1, 0.15) is 49.8 Å². The summed E-state index contributed by atoms with van der Waals surface area (Å²) in [6, 6.07) is 0. The molecule has 3 heterocycles.